The van der Waals surface area contributed by atoms with E-state index >= 15 is 0 Å². The highest BCUT2D eigenvalue weighted by molar-refractivity contribution is 7.89. The number of halogens is 1. The molecule has 1 aromatic rings. The first-order chi connectivity index (χ1) is 12.8. The fourth-order valence-electron chi connectivity index (χ4n) is 2.52. The SMILES string of the molecule is CCCNC(=O)[C@@H](C)NC(=O)c1ccc(F)c(S(=O)(=O)N2CCOCC2)c1. The van der Waals surface area contributed by atoms with E-state index in [1.54, 1.807) is 0 Å². The van der Waals surface area contributed by atoms with Gasteiger partial charge in [0.15, 0.2) is 0 Å². The molecule has 2 amide bonds. The first kappa shape index (κ1) is 21.3. The molecule has 8 nitrogen and oxygen atoms in total. The Morgan fingerprint density at radius 2 is 1.96 bits per heavy atom. The quantitative estimate of drug-likeness (QED) is 0.692. The second-order valence-corrected chi connectivity index (χ2v) is 8.05. The van der Waals surface area contributed by atoms with Crippen LogP contribution in [0.15, 0.2) is 23.1 Å². The van der Waals surface area contributed by atoms with E-state index in [1.165, 1.54) is 13.0 Å². The van der Waals surface area contributed by atoms with Crippen molar-refractivity contribution in [2.24, 2.45) is 0 Å². The lowest BCUT2D eigenvalue weighted by molar-refractivity contribution is -0.122. The molecule has 0 radical (unpaired) electrons. The van der Waals surface area contributed by atoms with Crippen LogP contribution in [0.25, 0.3) is 0 Å². The number of carbonyl (C=O) groups excluding carboxylic acids is 2. The molecule has 1 aliphatic rings. The van der Waals surface area contributed by atoms with E-state index in [-0.39, 0.29) is 37.8 Å². The summed E-state index contributed by atoms with van der Waals surface area (Å²) in [4.78, 5) is 23.6. The van der Waals surface area contributed by atoms with Crippen LogP contribution in [-0.2, 0) is 19.6 Å². The number of benzene rings is 1. The second-order valence-electron chi connectivity index (χ2n) is 6.15. The van der Waals surface area contributed by atoms with Crippen molar-refractivity contribution in [2.75, 3.05) is 32.8 Å². The molecule has 1 atom stereocenters. The van der Waals surface area contributed by atoms with E-state index in [2.05, 4.69) is 10.6 Å². The van der Waals surface area contributed by atoms with E-state index in [4.69, 9.17) is 4.74 Å². The average Bonchev–Trinajstić information content (AvgIpc) is 2.66. The molecular weight excluding hydrogens is 377 g/mol. The van der Waals surface area contributed by atoms with Gasteiger partial charge in [-0.1, -0.05) is 6.92 Å². The summed E-state index contributed by atoms with van der Waals surface area (Å²) in [7, 11) is -4.09. The van der Waals surface area contributed by atoms with E-state index in [0.717, 1.165) is 22.9 Å². The number of hydrogen-bond donors (Lipinski definition) is 2. The number of ether oxygens (including phenoxy) is 1. The topological polar surface area (TPSA) is 105 Å². The van der Waals surface area contributed by atoms with E-state index < -0.39 is 32.7 Å². The van der Waals surface area contributed by atoms with Crippen LogP contribution >= 0.6 is 0 Å². The van der Waals surface area contributed by atoms with Gasteiger partial charge in [-0.15, -0.1) is 0 Å². The highest BCUT2D eigenvalue weighted by Crippen LogP contribution is 2.22. The Morgan fingerprint density at radius 3 is 2.59 bits per heavy atom. The highest BCUT2D eigenvalue weighted by Gasteiger charge is 2.30. The van der Waals surface area contributed by atoms with E-state index in [9.17, 15) is 22.4 Å². The van der Waals surface area contributed by atoms with Crippen LogP contribution < -0.4 is 10.6 Å². The number of rotatable bonds is 7. The zero-order valence-electron chi connectivity index (χ0n) is 15.3. The van der Waals surface area contributed by atoms with Gasteiger partial charge in [0, 0.05) is 25.2 Å². The summed E-state index contributed by atoms with van der Waals surface area (Å²) in [6, 6.07) is 2.30. The molecule has 27 heavy (non-hydrogen) atoms. The summed E-state index contributed by atoms with van der Waals surface area (Å²) >= 11 is 0. The molecule has 1 heterocycles. The van der Waals surface area contributed by atoms with Gasteiger partial charge in [-0.3, -0.25) is 9.59 Å². The Morgan fingerprint density at radius 1 is 1.30 bits per heavy atom. The van der Waals surface area contributed by atoms with Gasteiger partial charge in [0.25, 0.3) is 5.91 Å². The first-order valence-electron chi connectivity index (χ1n) is 8.73. The van der Waals surface area contributed by atoms with Crippen molar-refractivity contribution in [3.05, 3.63) is 29.6 Å². The molecule has 2 N–H and O–H groups in total. The van der Waals surface area contributed by atoms with Crippen LogP contribution in [0.2, 0.25) is 0 Å². The maximum Gasteiger partial charge on any atom is 0.251 e. The molecule has 0 saturated carbocycles. The lowest BCUT2D eigenvalue weighted by Gasteiger charge is -2.26. The number of nitrogens with zero attached hydrogens (tertiary/aromatic N) is 1. The molecule has 0 spiro atoms. The fourth-order valence-corrected chi connectivity index (χ4v) is 4.01. The molecule has 0 unspecified atom stereocenters. The van der Waals surface area contributed by atoms with E-state index in [1.807, 2.05) is 6.92 Å². The summed E-state index contributed by atoms with van der Waals surface area (Å²) < 4.78 is 45.8. The molecular formula is C17H24FN3O5S. The second kappa shape index (κ2) is 9.25. The highest BCUT2D eigenvalue weighted by atomic mass is 32.2. The third-order valence-electron chi connectivity index (χ3n) is 4.07. The van der Waals surface area contributed by atoms with Crippen molar-refractivity contribution in [1.29, 1.82) is 0 Å². The minimum atomic E-state index is -4.09. The van der Waals surface area contributed by atoms with Gasteiger partial charge in [-0.25, -0.2) is 12.8 Å². The normalized spacial score (nSPS) is 16.6. The molecule has 1 saturated heterocycles. The average molecular weight is 401 g/mol. The molecule has 1 aliphatic heterocycles. The third kappa shape index (κ3) is 5.24. The molecule has 1 fully saturated rings. The molecule has 150 valence electrons. The minimum absolute atomic E-state index is 0.0432. The van der Waals surface area contributed by atoms with Gasteiger partial charge in [-0.2, -0.15) is 4.31 Å². The minimum Gasteiger partial charge on any atom is -0.379 e. The lowest BCUT2D eigenvalue weighted by atomic mass is 10.2. The van der Waals surface area contributed by atoms with Crippen molar-refractivity contribution in [1.82, 2.24) is 14.9 Å². The number of morpholine rings is 1. The van der Waals surface area contributed by atoms with Crippen LogP contribution in [0.4, 0.5) is 4.39 Å². The summed E-state index contributed by atoms with van der Waals surface area (Å²) in [5.41, 5.74) is -0.0432. The number of hydrogen-bond acceptors (Lipinski definition) is 5. The monoisotopic (exact) mass is 401 g/mol. The summed E-state index contributed by atoms with van der Waals surface area (Å²) in [6.45, 7) is 4.59. The van der Waals surface area contributed by atoms with Crippen LogP contribution in [0, 0.1) is 5.82 Å². The van der Waals surface area contributed by atoms with Gasteiger partial charge in [0.05, 0.1) is 13.2 Å². The summed E-state index contributed by atoms with van der Waals surface area (Å²) in [6.07, 6.45) is 0.757. The summed E-state index contributed by atoms with van der Waals surface area (Å²) in [5.74, 6) is -1.95. The predicted octanol–water partition coefficient (Wildman–Crippen LogP) is 0.491. The third-order valence-corrected chi connectivity index (χ3v) is 5.99. The van der Waals surface area contributed by atoms with Crippen molar-refractivity contribution >= 4 is 21.8 Å². The van der Waals surface area contributed by atoms with Gasteiger partial charge in [0.1, 0.15) is 16.8 Å². The van der Waals surface area contributed by atoms with Gasteiger partial charge >= 0.3 is 0 Å². The Hall–Kier alpha value is -2.04. The van der Waals surface area contributed by atoms with Crippen molar-refractivity contribution < 1.29 is 27.1 Å². The molecule has 0 aliphatic carbocycles. The van der Waals surface area contributed by atoms with Gasteiger partial charge < -0.3 is 15.4 Å². The zero-order chi connectivity index (χ0) is 20.0. The van der Waals surface area contributed by atoms with Gasteiger partial charge in [-0.05, 0) is 31.5 Å². The fraction of sp³-hybridized carbons (Fsp3) is 0.529. The first-order valence-corrected chi connectivity index (χ1v) is 10.2. The molecule has 0 aromatic heterocycles. The molecule has 10 heteroatoms. The Kier molecular flexibility index (Phi) is 7.28. The van der Waals surface area contributed by atoms with E-state index in [0.29, 0.717) is 6.54 Å². The number of nitrogens with one attached hydrogen (secondary N) is 2. The standard InChI is InChI=1S/C17H24FN3O5S/c1-3-6-19-16(22)12(2)20-17(23)13-4-5-14(18)15(11-13)27(24,25)21-7-9-26-10-8-21/h4-5,11-12H,3,6-10H2,1-2H3,(H,19,22)(H,20,23)/t12-/m1/s1. The lowest BCUT2D eigenvalue weighted by Crippen LogP contribution is -2.45. The summed E-state index contributed by atoms with van der Waals surface area (Å²) in [5, 5.41) is 5.13. The van der Waals surface area contributed by atoms with Crippen molar-refractivity contribution in [2.45, 2.75) is 31.2 Å². The van der Waals surface area contributed by atoms with Gasteiger partial charge in [0.2, 0.25) is 15.9 Å². The maximum absolute atomic E-state index is 14.2. The molecule has 2 rings (SSSR count). The van der Waals surface area contributed by atoms with Crippen molar-refractivity contribution in [3.63, 3.8) is 0 Å². The van der Waals surface area contributed by atoms with Crippen LogP contribution in [0.3, 0.4) is 0 Å². The largest absolute Gasteiger partial charge is 0.379 e. The number of amides is 2. The Balaban J connectivity index is 2.18. The molecule has 0 bridgehead atoms. The van der Waals surface area contributed by atoms with Crippen molar-refractivity contribution in [3.8, 4) is 0 Å². The molecule has 1 aromatic carbocycles. The van der Waals surface area contributed by atoms with Crippen LogP contribution in [-0.4, -0.2) is 63.4 Å². The maximum atomic E-state index is 14.2. The Bertz CT molecular complexity index is 794. The smallest absolute Gasteiger partial charge is 0.251 e. The number of sulfonamides is 1. The Labute approximate surface area is 158 Å². The number of carbonyl (C=O) groups is 2. The zero-order valence-corrected chi connectivity index (χ0v) is 16.1. The van der Waals surface area contributed by atoms with Crippen LogP contribution in [0.1, 0.15) is 30.6 Å². The predicted molar refractivity (Wildman–Crippen MR) is 96.2 cm³/mol. The van der Waals surface area contributed by atoms with Crippen LogP contribution in [0.5, 0.6) is 0 Å².